The van der Waals surface area contributed by atoms with E-state index >= 15 is 14.4 Å². The maximum Gasteiger partial charge on any atom is 0.305 e. The number of phenolic OH excluding ortho intramolecular Hbond substituents is 1. The molecule has 0 radical (unpaired) electrons. The van der Waals surface area contributed by atoms with Crippen molar-refractivity contribution < 1.29 is 71.7 Å². The third kappa shape index (κ3) is 20.9. The van der Waals surface area contributed by atoms with Crippen LogP contribution in [0.25, 0.3) is 21.8 Å². The highest BCUT2D eigenvalue weighted by atomic mass is 32.2. The minimum Gasteiger partial charge on any atom is -0.508 e. The zero-order valence-electron chi connectivity index (χ0n) is 54.2. The second-order valence-electron chi connectivity index (χ2n) is 24.4. The Hall–Kier alpha value is -10.3. The number of imidazole rings is 1. The lowest BCUT2D eigenvalue weighted by atomic mass is 10.0. The Morgan fingerprint density at radius 2 is 1.21 bits per heavy atom. The number of aliphatic carboxylic acids is 1. The van der Waals surface area contributed by atoms with Gasteiger partial charge >= 0.3 is 5.97 Å². The first-order valence-corrected chi connectivity index (χ1v) is 34.8. The summed E-state index contributed by atoms with van der Waals surface area (Å²) in [5.74, 6) is -10.6. The van der Waals surface area contributed by atoms with Gasteiger partial charge in [-0.15, -0.1) is 0 Å². The van der Waals surface area contributed by atoms with Gasteiger partial charge in [0, 0.05) is 108 Å². The fraction of sp³-hybridized carbons (Fsp3) is 0.382. The van der Waals surface area contributed by atoms with Gasteiger partial charge in [0.2, 0.25) is 59.1 Å². The molecule has 1 fully saturated rings. The Bertz CT molecular complexity index is 4100. The second-order valence-corrected chi connectivity index (χ2v) is 26.6. The first kappa shape index (κ1) is 73.9. The van der Waals surface area contributed by atoms with Crippen LogP contribution in [0.5, 0.6) is 5.75 Å². The second kappa shape index (κ2) is 35.4. The number of primary amides is 1. The predicted molar refractivity (Wildman–Crippen MR) is 367 cm³/mol. The van der Waals surface area contributed by atoms with Crippen molar-refractivity contribution in [1.82, 2.24) is 67.4 Å². The number of nitrogens with zero attached hydrogens (tertiary/aromatic N) is 2. The summed E-state index contributed by atoms with van der Waals surface area (Å²) in [7, 11) is 0. The molecule has 0 unspecified atom stereocenters. The smallest absolute Gasteiger partial charge is 0.305 e. The molecule has 2 bridgehead atoms. The first-order chi connectivity index (χ1) is 48.1. The van der Waals surface area contributed by atoms with E-state index in [1.807, 2.05) is 24.3 Å². The fourth-order valence-corrected chi connectivity index (χ4v) is 13.8. The van der Waals surface area contributed by atoms with Gasteiger partial charge in [-0.1, -0.05) is 36.4 Å². The van der Waals surface area contributed by atoms with E-state index in [-0.39, 0.29) is 73.2 Å². The van der Waals surface area contributed by atoms with Gasteiger partial charge in [-0.2, -0.15) is 23.5 Å². The highest BCUT2D eigenvalue weighted by Crippen LogP contribution is 2.26. The highest BCUT2D eigenvalue weighted by molar-refractivity contribution is 7.98. The number of H-pyrrole nitrogens is 3. The fourth-order valence-electron chi connectivity index (χ4n) is 11.9. The van der Waals surface area contributed by atoms with Gasteiger partial charge in [-0.25, -0.2) is 13.8 Å². The van der Waals surface area contributed by atoms with E-state index in [2.05, 4.69) is 62.5 Å². The maximum absolute atomic E-state index is 15.0. The van der Waals surface area contributed by atoms with E-state index in [4.69, 9.17) is 11.5 Å². The number of hydrogen-bond donors (Lipinski definition) is 15. The Balaban J connectivity index is 1.05. The van der Waals surface area contributed by atoms with Crippen molar-refractivity contribution in [2.45, 2.75) is 130 Å². The van der Waals surface area contributed by atoms with E-state index < -0.39 is 144 Å². The molecule has 5 heterocycles. The third-order valence-electron chi connectivity index (χ3n) is 17.0. The first-order valence-electron chi connectivity index (χ1n) is 32.5. The quantitative estimate of drug-likeness (QED) is 0.0651. The average Bonchev–Trinajstić information content (AvgIpc) is 1.64. The number of halogens is 2. The van der Waals surface area contributed by atoms with Gasteiger partial charge in [0.1, 0.15) is 65.7 Å². The number of carbonyl (C=O) groups is 11. The van der Waals surface area contributed by atoms with Crippen LogP contribution < -0.4 is 54.0 Å². The summed E-state index contributed by atoms with van der Waals surface area (Å²) in [5.41, 5.74) is 15.5. The molecule has 3 aromatic heterocycles. The molecule has 0 saturated carbocycles. The normalized spacial score (nSPS) is 22.1. The monoisotopic (exact) mass is 1420 g/mol. The number of rotatable bonds is 15. The Kier molecular flexibility index (Phi) is 26.2. The Labute approximate surface area is 580 Å². The molecular weight excluding hydrogens is 1340 g/mol. The standard InChI is InChI=1S/C68H79F2N15O13S2/c69-42-11-15-48-46(25-42)40(29-74-48)23-51-63(93)80-52(24-41-30-75-49-16-12-43(70)26-47(41)49)64(94)82-54(28-60(89)90)66(96)81-53(27-44-31-73-36-77-44)65(95)83-55(22-37-9-13-45(86)14-10-37)68(98)85-19-4-8-57(85)67(97)84-56(61(72)91)35-100-34-39-6-3-5-38(21-39)33-99-20-17-58(87)78-50(7-1-2-18-71)62(92)76-32-59(88)79-51/h3,5-6,9-16,21,25-26,29-31,36,50-57,74-75,86H,1-2,4,7-8,17-20,22-24,27-28,32-35,71H2,(H2,72,91)(H,73,77)(H,76,92)(H,78,87)(H,79,88)(H,80,93)(H,81,96)(H,82,94)(H,83,95)(H,84,97)(H,89,90)/t50-,51-,52-,53-,54+,55-,56-,57-/m0/s1. The van der Waals surface area contributed by atoms with E-state index in [9.17, 15) is 57.4 Å². The van der Waals surface area contributed by atoms with Gasteiger partial charge < -0.3 is 84.1 Å². The van der Waals surface area contributed by atoms with Crippen molar-refractivity contribution in [2.75, 3.05) is 31.1 Å². The molecule has 32 heteroatoms. The SMILES string of the molecule is NCCCC[C@@H]1NC(=O)CCSCc2cccc(c2)CSC[C@@H](C(N)=O)NC(=O)[C@@H]2CCCN2C(=O)[C@H](Cc2ccc(O)cc2)NC(=O)[C@H](Cc2cnc[nH]2)NC(=O)[C@@H](CC(=O)O)NC(=O)[C@H](Cc2c[nH]c3ccc(F)cc23)NC(=O)[C@H](Cc2c[nH]c3ccc(F)cc23)NC(=O)CNC1=O. The van der Waals surface area contributed by atoms with Crippen molar-refractivity contribution in [2.24, 2.45) is 11.5 Å². The van der Waals surface area contributed by atoms with Gasteiger partial charge in [0.15, 0.2) is 0 Å². The molecule has 2 aliphatic rings. The lowest BCUT2D eigenvalue weighted by Gasteiger charge is -2.31. The number of aromatic nitrogens is 4. The number of thioether (sulfide) groups is 2. The van der Waals surface area contributed by atoms with Crippen LogP contribution in [0.1, 0.15) is 78.5 Å². The largest absolute Gasteiger partial charge is 0.508 e. The number of amides is 10. The van der Waals surface area contributed by atoms with Crippen LogP contribution in [0.2, 0.25) is 0 Å². The molecular formula is C68H79F2N15O13S2. The molecule has 0 spiro atoms. The highest BCUT2D eigenvalue weighted by Gasteiger charge is 2.41. The van der Waals surface area contributed by atoms with Crippen LogP contribution in [0.4, 0.5) is 8.78 Å². The average molecular weight is 1420 g/mol. The van der Waals surface area contributed by atoms with E-state index in [1.54, 1.807) is 0 Å². The van der Waals surface area contributed by atoms with Crippen molar-refractivity contribution in [3.05, 3.63) is 155 Å². The summed E-state index contributed by atoms with van der Waals surface area (Å²) in [6.45, 7) is -0.409. The van der Waals surface area contributed by atoms with Crippen molar-refractivity contribution in [1.29, 1.82) is 0 Å². The minimum atomic E-state index is -2.04. The number of carboxylic acid groups (broad SMARTS) is 1. The number of benzene rings is 4. The van der Waals surface area contributed by atoms with Crippen LogP contribution >= 0.6 is 23.5 Å². The van der Waals surface area contributed by atoms with E-state index in [1.165, 1.54) is 108 Å². The molecule has 28 nitrogen and oxygen atoms in total. The number of carbonyl (C=O) groups excluding carboxylic acids is 10. The number of aromatic hydroxyl groups is 1. The number of phenols is 1. The molecule has 0 aliphatic carbocycles. The van der Waals surface area contributed by atoms with Gasteiger partial charge in [0.25, 0.3) is 0 Å². The van der Waals surface area contributed by atoms with Crippen LogP contribution in [-0.2, 0) is 89.9 Å². The van der Waals surface area contributed by atoms with Crippen molar-refractivity contribution >= 4 is 110 Å². The van der Waals surface area contributed by atoms with Crippen LogP contribution in [-0.4, -0.2) is 180 Å². The molecule has 8 atom stereocenters. The van der Waals surface area contributed by atoms with E-state index in [0.717, 1.165) is 17.2 Å². The summed E-state index contributed by atoms with van der Waals surface area (Å²) in [5, 5.41) is 42.0. The number of unbranched alkanes of at least 4 members (excludes halogenated alkanes) is 1. The molecule has 530 valence electrons. The van der Waals surface area contributed by atoms with Gasteiger partial charge in [-0.05, 0) is 115 Å². The zero-order valence-corrected chi connectivity index (χ0v) is 55.9. The summed E-state index contributed by atoms with van der Waals surface area (Å²) in [4.78, 5) is 170. The summed E-state index contributed by atoms with van der Waals surface area (Å²) in [6, 6.07) is 8.87. The summed E-state index contributed by atoms with van der Waals surface area (Å²) >= 11 is 2.79. The zero-order chi connectivity index (χ0) is 71.4. The molecule has 9 rings (SSSR count). The number of hydrogen-bond acceptors (Lipinski definition) is 16. The number of nitrogens with two attached hydrogens (primary N) is 2. The predicted octanol–water partition coefficient (Wildman–Crippen LogP) is 1.79. The number of aromatic amines is 3. The molecule has 17 N–H and O–H groups in total. The Morgan fingerprint density at radius 3 is 1.82 bits per heavy atom. The van der Waals surface area contributed by atoms with E-state index in [0.29, 0.717) is 70.6 Å². The summed E-state index contributed by atoms with van der Waals surface area (Å²) < 4.78 is 29.8. The topological polar surface area (TPSA) is 440 Å². The molecule has 7 aromatic rings. The number of nitrogens with one attached hydrogen (secondary N) is 11. The number of fused-ring (bicyclic) bond motifs is 5. The minimum absolute atomic E-state index is 0.0105. The van der Waals surface area contributed by atoms with Crippen molar-refractivity contribution in [3.8, 4) is 5.75 Å². The molecule has 1 saturated heterocycles. The Morgan fingerprint density at radius 1 is 0.620 bits per heavy atom. The van der Waals surface area contributed by atoms with Gasteiger partial charge in [0.05, 0.1) is 19.3 Å². The maximum atomic E-state index is 15.0. The lowest BCUT2D eigenvalue weighted by Crippen LogP contribution is -2.61. The lowest BCUT2D eigenvalue weighted by molar-refractivity contribution is -0.143. The molecule has 2 aliphatic heterocycles. The summed E-state index contributed by atoms with van der Waals surface area (Å²) in [6.07, 6.45) is 4.52. The molecule has 10 amide bonds. The van der Waals surface area contributed by atoms with Gasteiger partial charge in [-0.3, -0.25) is 52.7 Å². The third-order valence-corrected chi connectivity index (χ3v) is 19.1. The molecule has 100 heavy (non-hydrogen) atoms. The molecule has 4 aromatic carbocycles. The van der Waals surface area contributed by atoms with Crippen LogP contribution in [0.3, 0.4) is 0 Å². The van der Waals surface area contributed by atoms with Crippen LogP contribution in [0.15, 0.2) is 110 Å². The van der Waals surface area contributed by atoms with Crippen LogP contribution in [0, 0.1) is 11.6 Å². The van der Waals surface area contributed by atoms with Crippen molar-refractivity contribution in [3.63, 3.8) is 0 Å². The number of carboxylic acids is 1.